The van der Waals surface area contributed by atoms with Crippen LogP contribution in [0, 0.1) is 5.92 Å². The summed E-state index contributed by atoms with van der Waals surface area (Å²) in [5, 5.41) is 9.13. The van der Waals surface area contributed by atoms with Crippen molar-refractivity contribution in [3.8, 4) is 0 Å². The van der Waals surface area contributed by atoms with Gasteiger partial charge in [0.2, 0.25) is 5.91 Å². The molecule has 0 bridgehead atoms. The second kappa shape index (κ2) is 6.70. The Bertz CT molecular complexity index is 307. The van der Waals surface area contributed by atoms with E-state index in [0.717, 1.165) is 13.0 Å². The second-order valence-electron chi connectivity index (χ2n) is 5.23. The van der Waals surface area contributed by atoms with Crippen LogP contribution in [0.1, 0.15) is 6.42 Å². The maximum atomic E-state index is 11.9. The van der Waals surface area contributed by atoms with E-state index < -0.39 is 11.9 Å². The van der Waals surface area contributed by atoms with Gasteiger partial charge in [-0.25, -0.2) is 0 Å². The highest BCUT2D eigenvalue weighted by atomic mass is 16.4. The average Bonchev–Trinajstić information content (AvgIpc) is 2.38. The lowest BCUT2D eigenvalue weighted by Gasteiger charge is -2.23. The maximum Gasteiger partial charge on any atom is 0.309 e. The third-order valence-electron chi connectivity index (χ3n) is 3.11. The Labute approximate surface area is 108 Å². The molecule has 1 saturated heterocycles. The standard InChI is InChI=1S/C12H23N3O3/c1-13(2)5-4-6-15-8-10(12(17)18)7-14(3)9-11(15)16/h10H,4-9H2,1-3H3,(H,17,18). The van der Waals surface area contributed by atoms with E-state index in [-0.39, 0.29) is 5.91 Å². The van der Waals surface area contributed by atoms with Crippen LogP contribution in [0.3, 0.4) is 0 Å². The lowest BCUT2D eigenvalue weighted by Crippen LogP contribution is -2.38. The summed E-state index contributed by atoms with van der Waals surface area (Å²) in [6.07, 6.45) is 0.870. The molecule has 0 radical (unpaired) electrons. The minimum atomic E-state index is -0.825. The zero-order chi connectivity index (χ0) is 13.7. The van der Waals surface area contributed by atoms with Gasteiger partial charge in [0.15, 0.2) is 0 Å². The SMILES string of the molecule is CN(C)CCCN1CC(C(=O)O)CN(C)CC1=O. The predicted octanol–water partition coefficient (Wildman–Crippen LogP) is -0.587. The van der Waals surface area contributed by atoms with Gasteiger partial charge in [0, 0.05) is 19.6 Å². The summed E-state index contributed by atoms with van der Waals surface area (Å²) in [6, 6.07) is 0. The van der Waals surface area contributed by atoms with E-state index >= 15 is 0 Å². The molecule has 1 N–H and O–H groups in total. The Balaban J connectivity index is 2.57. The molecule has 18 heavy (non-hydrogen) atoms. The summed E-state index contributed by atoms with van der Waals surface area (Å²) in [5.74, 6) is -1.28. The molecule has 1 fully saturated rings. The number of aliphatic carboxylic acids is 1. The fourth-order valence-corrected chi connectivity index (χ4v) is 2.15. The van der Waals surface area contributed by atoms with E-state index in [4.69, 9.17) is 5.11 Å². The summed E-state index contributed by atoms with van der Waals surface area (Å²) in [7, 11) is 5.76. The van der Waals surface area contributed by atoms with Crippen molar-refractivity contribution in [2.24, 2.45) is 5.92 Å². The average molecular weight is 257 g/mol. The predicted molar refractivity (Wildman–Crippen MR) is 68.4 cm³/mol. The van der Waals surface area contributed by atoms with Crippen LogP contribution in [-0.4, -0.2) is 85.5 Å². The van der Waals surface area contributed by atoms with Crippen LogP contribution < -0.4 is 0 Å². The number of carboxylic acid groups (broad SMARTS) is 1. The highest BCUT2D eigenvalue weighted by Gasteiger charge is 2.29. The van der Waals surface area contributed by atoms with Crippen molar-refractivity contribution in [2.75, 3.05) is 53.9 Å². The van der Waals surface area contributed by atoms with Crippen LogP contribution in [0.2, 0.25) is 0 Å². The van der Waals surface area contributed by atoms with Gasteiger partial charge in [-0.3, -0.25) is 14.5 Å². The van der Waals surface area contributed by atoms with Gasteiger partial charge >= 0.3 is 5.97 Å². The number of hydrogen-bond acceptors (Lipinski definition) is 4. The first-order valence-electron chi connectivity index (χ1n) is 6.24. The van der Waals surface area contributed by atoms with Gasteiger partial charge in [-0.05, 0) is 34.1 Å². The molecule has 0 saturated carbocycles. The minimum absolute atomic E-state index is 0.0278. The summed E-state index contributed by atoms with van der Waals surface area (Å²) in [4.78, 5) is 28.6. The number of rotatable bonds is 5. The topological polar surface area (TPSA) is 64.1 Å². The number of carboxylic acids is 1. The highest BCUT2D eigenvalue weighted by molar-refractivity contribution is 5.80. The van der Waals surface area contributed by atoms with E-state index in [1.807, 2.05) is 14.1 Å². The van der Waals surface area contributed by atoms with Crippen molar-refractivity contribution in [2.45, 2.75) is 6.42 Å². The van der Waals surface area contributed by atoms with Gasteiger partial charge in [0.25, 0.3) is 0 Å². The van der Waals surface area contributed by atoms with E-state index in [9.17, 15) is 9.59 Å². The Morgan fingerprint density at radius 1 is 1.44 bits per heavy atom. The summed E-state index contributed by atoms with van der Waals surface area (Å²) in [5.41, 5.74) is 0. The van der Waals surface area contributed by atoms with Crippen LogP contribution in [0.15, 0.2) is 0 Å². The molecule has 1 aliphatic heterocycles. The number of carbonyl (C=O) groups excluding carboxylic acids is 1. The molecule has 1 rings (SSSR count). The molecule has 0 aromatic heterocycles. The number of hydrogen-bond donors (Lipinski definition) is 1. The molecule has 1 amide bonds. The molecule has 0 aliphatic carbocycles. The molecule has 1 aliphatic rings. The first-order chi connectivity index (χ1) is 8.40. The monoisotopic (exact) mass is 257 g/mol. The summed E-state index contributed by atoms with van der Waals surface area (Å²) < 4.78 is 0. The molecule has 0 spiro atoms. The molecular formula is C12H23N3O3. The molecule has 0 aromatic carbocycles. The van der Waals surface area contributed by atoms with Crippen LogP contribution >= 0.6 is 0 Å². The third-order valence-corrected chi connectivity index (χ3v) is 3.11. The zero-order valence-corrected chi connectivity index (χ0v) is 11.4. The normalized spacial score (nSPS) is 22.3. The van der Waals surface area contributed by atoms with E-state index in [0.29, 0.717) is 26.2 Å². The van der Waals surface area contributed by atoms with Crippen LogP contribution in [0.25, 0.3) is 0 Å². The van der Waals surface area contributed by atoms with Crippen molar-refractivity contribution < 1.29 is 14.7 Å². The highest BCUT2D eigenvalue weighted by Crippen LogP contribution is 2.10. The van der Waals surface area contributed by atoms with Crippen molar-refractivity contribution in [3.63, 3.8) is 0 Å². The summed E-state index contributed by atoms with van der Waals surface area (Å²) in [6.45, 7) is 2.61. The third kappa shape index (κ3) is 4.62. The zero-order valence-electron chi connectivity index (χ0n) is 11.4. The first kappa shape index (κ1) is 14.9. The Hall–Kier alpha value is -1.14. The van der Waals surface area contributed by atoms with Crippen molar-refractivity contribution in [3.05, 3.63) is 0 Å². The number of amides is 1. The molecular weight excluding hydrogens is 234 g/mol. The van der Waals surface area contributed by atoms with Crippen molar-refractivity contribution in [1.29, 1.82) is 0 Å². The molecule has 6 nitrogen and oxygen atoms in total. The number of carbonyl (C=O) groups is 2. The lowest BCUT2D eigenvalue weighted by molar-refractivity contribution is -0.142. The molecule has 6 heteroatoms. The second-order valence-corrected chi connectivity index (χ2v) is 5.23. The fourth-order valence-electron chi connectivity index (χ4n) is 2.15. The van der Waals surface area contributed by atoms with Gasteiger partial charge in [-0.15, -0.1) is 0 Å². The molecule has 1 heterocycles. The van der Waals surface area contributed by atoms with Crippen molar-refractivity contribution in [1.82, 2.24) is 14.7 Å². The van der Waals surface area contributed by atoms with Crippen LogP contribution in [-0.2, 0) is 9.59 Å². The summed E-state index contributed by atoms with van der Waals surface area (Å²) >= 11 is 0. The lowest BCUT2D eigenvalue weighted by atomic mass is 10.1. The van der Waals surface area contributed by atoms with Gasteiger partial charge < -0.3 is 14.9 Å². The first-order valence-corrected chi connectivity index (χ1v) is 6.24. The quantitative estimate of drug-likeness (QED) is 0.713. The number of likely N-dealkylation sites (N-methyl/N-ethyl adjacent to an activating group) is 1. The van der Waals surface area contributed by atoms with Crippen LogP contribution in [0.5, 0.6) is 0 Å². The smallest absolute Gasteiger partial charge is 0.309 e. The fraction of sp³-hybridized carbons (Fsp3) is 0.833. The van der Waals surface area contributed by atoms with Gasteiger partial charge in [0.05, 0.1) is 12.5 Å². The molecule has 1 atom stereocenters. The van der Waals surface area contributed by atoms with Crippen molar-refractivity contribution >= 4 is 11.9 Å². The van der Waals surface area contributed by atoms with E-state index in [1.54, 1.807) is 16.8 Å². The molecule has 1 unspecified atom stereocenters. The largest absolute Gasteiger partial charge is 0.481 e. The molecule has 0 aromatic rings. The van der Waals surface area contributed by atoms with Gasteiger partial charge in [0.1, 0.15) is 0 Å². The minimum Gasteiger partial charge on any atom is -0.481 e. The Kier molecular flexibility index (Phi) is 5.55. The Morgan fingerprint density at radius 2 is 2.11 bits per heavy atom. The molecule has 104 valence electrons. The maximum absolute atomic E-state index is 11.9. The Morgan fingerprint density at radius 3 is 2.67 bits per heavy atom. The number of nitrogens with zero attached hydrogens (tertiary/aromatic N) is 3. The van der Waals surface area contributed by atoms with Crippen LogP contribution in [0.4, 0.5) is 0 Å². The van der Waals surface area contributed by atoms with Gasteiger partial charge in [-0.2, -0.15) is 0 Å². The van der Waals surface area contributed by atoms with E-state index in [1.165, 1.54) is 0 Å². The van der Waals surface area contributed by atoms with E-state index in [2.05, 4.69) is 4.90 Å². The van der Waals surface area contributed by atoms with Gasteiger partial charge in [-0.1, -0.05) is 0 Å².